The molecule has 166 valence electrons. The van der Waals surface area contributed by atoms with Crippen molar-refractivity contribution in [3.63, 3.8) is 0 Å². The lowest BCUT2D eigenvalue weighted by molar-refractivity contribution is 0.187. The van der Waals surface area contributed by atoms with Crippen molar-refractivity contribution in [1.82, 2.24) is 25.2 Å². The molecule has 7 nitrogen and oxygen atoms in total. The van der Waals surface area contributed by atoms with Gasteiger partial charge in [0.15, 0.2) is 11.6 Å². The van der Waals surface area contributed by atoms with Crippen molar-refractivity contribution >= 4 is 11.6 Å². The monoisotopic (exact) mass is 422 g/mol. The van der Waals surface area contributed by atoms with Crippen LogP contribution in [-0.2, 0) is 11.8 Å². The minimum Gasteiger partial charge on any atom is -0.386 e. The second-order valence-corrected chi connectivity index (χ2v) is 8.68. The standard InChI is InChI=1S/C24H34N6O/c1-5-25-23(26-15-8-10-22-29-28-21-9-6-7-16-30(21)22)27-17-20(31)18-11-13-19(14-12-18)24(2,3)4/h6-7,9,11-14,16,20,31H,5,8,10,15,17H2,1-4H3,(H2,25,26,27). The summed E-state index contributed by atoms with van der Waals surface area (Å²) in [5.41, 5.74) is 3.10. The number of fused-ring (bicyclic) bond motifs is 1. The minimum atomic E-state index is -0.633. The Balaban J connectivity index is 1.51. The van der Waals surface area contributed by atoms with E-state index in [1.165, 1.54) is 5.56 Å². The van der Waals surface area contributed by atoms with Gasteiger partial charge in [0.05, 0.1) is 12.6 Å². The third-order valence-corrected chi connectivity index (χ3v) is 5.18. The molecule has 1 atom stereocenters. The zero-order valence-electron chi connectivity index (χ0n) is 19.0. The largest absolute Gasteiger partial charge is 0.386 e. The lowest BCUT2D eigenvalue weighted by Gasteiger charge is -2.20. The first-order valence-corrected chi connectivity index (χ1v) is 11.0. The second kappa shape index (κ2) is 10.4. The Kier molecular flexibility index (Phi) is 7.63. The van der Waals surface area contributed by atoms with Gasteiger partial charge in [0, 0.05) is 25.7 Å². The molecule has 2 heterocycles. The highest BCUT2D eigenvalue weighted by molar-refractivity contribution is 5.79. The van der Waals surface area contributed by atoms with Crippen LogP contribution in [0.3, 0.4) is 0 Å². The van der Waals surface area contributed by atoms with Crippen LogP contribution in [0, 0.1) is 0 Å². The third-order valence-electron chi connectivity index (χ3n) is 5.18. The predicted molar refractivity (Wildman–Crippen MR) is 125 cm³/mol. The number of hydrogen-bond donors (Lipinski definition) is 3. The number of nitrogens with one attached hydrogen (secondary N) is 2. The molecule has 0 fully saturated rings. The van der Waals surface area contributed by atoms with Gasteiger partial charge in [0.2, 0.25) is 0 Å². The van der Waals surface area contributed by atoms with Gasteiger partial charge in [0.1, 0.15) is 5.82 Å². The zero-order valence-corrected chi connectivity index (χ0v) is 19.0. The number of aliphatic imine (C=N–C) groups is 1. The molecule has 1 unspecified atom stereocenters. The van der Waals surface area contributed by atoms with Gasteiger partial charge in [-0.05, 0) is 42.0 Å². The summed E-state index contributed by atoms with van der Waals surface area (Å²) in [6.07, 6.45) is 3.07. The number of hydrogen-bond acceptors (Lipinski definition) is 4. The maximum absolute atomic E-state index is 10.5. The molecule has 31 heavy (non-hydrogen) atoms. The summed E-state index contributed by atoms with van der Waals surface area (Å²) < 4.78 is 2.01. The molecule has 0 aliphatic heterocycles. The highest BCUT2D eigenvalue weighted by Gasteiger charge is 2.14. The Labute approximate surface area is 184 Å². The van der Waals surface area contributed by atoms with Gasteiger partial charge in [-0.15, -0.1) is 10.2 Å². The van der Waals surface area contributed by atoms with Gasteiger partial charge in [-0.25, -0.2) is 0 Å². The number of aromatic nitrogens is 3. The average Bonchev–Trinajstić information content (AvgIpc) is 3.17. The molecule has 1 aromatic carbocycles. The fourth-order valence-electron chi connectivity index (χ4n) is 3.34. The molecule has 7 heteroatoms. The van der Waals surface area contributed by atoms with Crippen LogP contribution >= 0.6 is 0 Å². The third kappa shape index (κ3) is 6.28. The van der Waals surface area contributed by atoms with Gasteiger partial charge >= 0.3 is 0 Å². The van der Waals surface area contributed by atoms with Crippen LogP contribution in [0.2, 0.25) is 0 Å². The predicted octanol–water partition coefficient (Wildman–Crippen LogP) is 3.25. The Bertz CT molecular complexity index is 987. The fraction of sp³-hybridized carbons (Fsp3) is 0.458. The van der Waals surface area contributed by atoms with Crippen molar-refractivity contribution in [2.24, 2.45) is 4.99 Å². The Morgan fingerprint density at radius 1 is 1.10 bits per heavy atom. The van der Waals surface area contributed by atoms with Crippen LogP contribution in [-0.4, -0.2) is 45.3 Å². The number of pyridine rings is 1. The summed E-state index contributed by atoms with van der Waals surface area (Å²) >= 11 is 0. The van der Waals surface area contributed by atoms with E-state index in [-0.39, 0.29) is 5.41 Å². The topological polar surface area (TPSA) is 86.8 Å². The number of aryl methyl sites for hydroxylation is 1. The summed E-state index contributed by atoms with van der Waals surface area (Å²) in [4.78, 5) is 4.56. The van der Waals surface area contributed by atoms with Crippen molar-refractivity contribution in [1.29, 1.82) is 0 Å². The van der Waals surface area contributed by atoms with Crippen LogP contribution in [0.25, 0.3) is 5.65 Å². The van der Waals surface area contributed by atoms with E-state index in [4.69, 9.17) is 0 Å². The van der Waals surface area contributed by atoms with Crippen LogP contribution in [0.5, 0.6) is 0 Å². The first-order chi connectivity index (χ1) is 14.9. The molecule has 0 saturated heterocycles. The average molecular weight is 423 g/mol. The number of guanidine groups is 1. The molecule has 0 aliphatic rings. The minimum absolute atomic E-state index is 0.0997. The normalized spacial score (nSPS) is 13.4. The summed E-state index contributed by atoms with van der Waals surface area (Å²) in [5.74, 6) is 1.66. The number of aliphatic hydroxyl groups is 1. The highest BCUT2D eigenvalue weighted by Crippen LogP contribution is 2.24. The zero-order chi connectivity index (χ0) is 22.3. The van der Waals surface area contributed by atoms with Gasteiger partial charge in [-0.3, -0.25) is 9.39 Å². The number of aliphatic hydroxyl groups excluding tert-OH is 1. The first-order valence-electron chi connectivity index (χ1n) is 11.0. The Hall–Kier alpha value is -2.93. The van der Waals surface area contributed by atoms with Crippen molar-refractivity contribution in [3.05, 3.63) is 65.6 Å². The van der Waals surface area contributed by atoms with E-state index < -0.39 is 6.10 Å². The second-order valence-electron chi connectivity index (χ2n) is 8.68. The van der Waals surface area contributed by atoms with E-state index in [0.29, 0.717) is 12.5 Å². The van der Waals surface area contributed by atoms with E-state index in [0.717, 1.165) is 43.0 Å². The maximum Gasteiger partial charge on any atom is 0.191 e. The highest BCUT2D eigenvalue weighted by atomic mass is 16.3. The number of nitrogens with zero attached hydrogens (tertiary/aromatic N) is 4. The SMILES string of the molecule is CCNC(=NCC(O)c1ccc(C(C)(C)C)cc1)NCCCc1nnc2ccccn12. The lowest BCUT2D eigenvalue weighted by Crippen LogP contribution is -2.38. The van der Waals surface area contributed by atoms with Crippen LogP contribution < -0.4 is 10.6 Å². The molecule has 0 saturated carbocycles. The number of benzene rings is 1. The molecule has 0 aliphatic carbocycles. The van der Waals surface area contributed by atoms with Gasteiger partial charge < -0.3 is 15.7 Å². The lowest BCUT2D eigenvalue weighted by atomic mass is 9.86. The van der Waals surface area contributed by atoms with Crippen molar-refractivity contribution in [2.75, 3.05) is 19.6 Å². The van der Waals surface area contributed by atoms with Crippen molar-refractivity contribution < 1.29 is 5.11 Å². The molecule has 0 amide bonds. The van der Waals surface area contributed by atoms with E-state index >= 15 is 0 Å². The molecular formula is C24H34N6O. The van der Waals surface area contributed by atoms with Crippen molar-refractivity contribution in [2.45, 2.75) is 52.1 Å². The first kappa shape index (κ1) is 22.7. The van der Waals surface area contributed by atoms with Crippen molar-refractivity contribution in [3.8, 4) is 0 Å². The van der Waals surface area contributed by atoms with Gasteiger partial charge in [-0.2, -0.15) is 0 Å². The number of rotatable bonds is 8. The van der Waals surface area contributed by atoms with E-state index in [1.54, 1.807) is 0 Å². The summed E-state index contributed by atoms with van der Waals surface area (Å²) in [7, 11) is 0. The van der Waals surface area contributed by atoms with E-state index in [9.17, 15) is 5.11 Å². The molecule has 3 aromatic rings. The molecule has 3 rings (SSSR count). The van der Waals surface area contributed by atoms with Crippen LogP contribution in [0.1, 0.15) is 57.2 Å². The summed E-state index contributed by atoms with van der Waals surface area (Å²) in [6, 6.07) is 14.0. The molecular weight excluding hydrogens is 388 g/mol. The molecule has 0 radical (unpaired) electrons. The molecule has 0 bridgehead atoms. The Morgan fingerprint density at radius 2 is 1.87 bits per heavy atom. The smallest absolute Gasteiger partial charge is 0.191 e. The van der Waals surface area contributed by atoms with Gasteiger partial charge in [-0.1, -0.05) is 51.1 Å². The van der Waals surface area contributed by atoms with Gasteiger partial charge in [0.25, 0.3) is 0 Å². The molecule has 0 spiro atoms. The fourth-order valence-corrected chi connectivity index (χ4v) is 3.34. The Morgan fingerprint density at radius 3 is 2.58 bits per heavy atom. The quantitative estimate of drug-likeness (QED) is 0.295. The summed E-state index contributed by atoms with van der Waals surface area (Å²) in [5, 5.41) is 25.6. The maximum atomic E-state index is 10.5. The molecule has 3 N–H and O–H groups in total. The van der Waals surface area contributed by atoms with E-state index in [1.807, 2.05) is 47.9 Å². The summed E-state index contributed by atoms with van der Waals surface area (Å²) in [6.45, 7) is 10.4. The molecule has 2 aromatic heterocycles. The van der Waals surface area contributed by atoms with E-state index in [2.05, 4.69) is 58.7 Å². The van der Waals surface area contributed by atoms with Crippen LogP contribution in [0.4, 0.5) is 0 Å². The van der Waals surface area contributed by atoms with Crippen LogP contribution in [0.15, 0.2) is 53.7 Å².